The number of nitrogens with zero attached hydrogens (tertiary/aromatic N) is 2. The largest absolute Gasteiger partial charge is 0.369 e. The fourth-order valence-electron chi connectivity index (χ4n) is 2.16. The third-order valence-corrected chi connectivity index (χ3v) is 4.48. The van der Waals surface area contributed by atoms with Gasteiger partial charge in [-0.3, -0.25) is 0 Å². The zero-order chi connectivity index (χ0) is 14.5. The minimum Gasteiger partial charge on any atom is -0.369 e. The average molecular weight is 289 g/mol. The number of hydrogen-bond acceptors (Lipinski definition) is 4. The van der Waals surface area contributed by atoms with Crippen molar-refractivity contribution in [1.29, 1.82) is 0 Å². The molecule has 0 atom stereocenters. The van der Waals surface area contributed by atoms with Gasteiger partial charge in [-0.25, -0.2) is 4.98 Å². The fraction of sp³-hybridized carbons (Fsp3) is 0.438. The van der Waals surface area contributed by atoms with E-state index in [2.05, 4.69) is 61.2 Å². The number of aryl methyl sites for hydroxylation is 2. The number of rotatable bonds is 6. The molecular formula is C16H23N3S. The molecule has 0 aliphatic heterocycles. The van der Waals surface area contributed by atoms with Crippen molar-refractivity contribution in [3.05, 3.63) is 45.4 Å². The summed E-state index contributed by atoms with van der Waals surface area (Å²) in [6.45, 7) is 9.26. The first-order chi connectivity index (χ1) is 9.61. The number of anilines is 1. The van der Waals surface area contributed by atoms with Gasteiger partial charge in [0.15, 0.2) is 0 Å². The summed E-state index contributed by atoms with van der Waals surface area (Å²) >= 11 is 1.73. The highest BCUT2D eigenvalue weighted by Gasteiger charge is 2.08. The number of thiazole rings is 1. The number of nitrogens with one attached hydrogen (secondary N) is 1. The first-order valence-corrected chi connectivity index (χ1v) is 7.90. The van der Waals surface area contributed by atoms with E-state index in [9.17, 15) is 0 Å². The van der Waals surface area contributed by atoms with Gasteiger partial charge >= 0.3 is 0 Å². The van der Waals surface area contributed by atoms with Gasteiger partial charge in [-0.2, -0.15) is 0 Å². The van der Waals surface area contributed by atoms with Crippen LogP contribution in [-0.2, 0) is 13.1 Å². The summed E-state index contributed by atoms with van der Waals surface area (Å²) in [5.74, 6) is 0. The van der Waals surface area contributed by atoms with Crippen LogP contribution in [0.4, 0.5) is 5.69 Å². The highest BCUT2D eigenvalue weighted by Crippen LogP contribution is 2.22. The molecule has 108 valence electrons. The number of benzene rings is 1. The molecule has 1 aromatic carbocycles. The Balaban J connectivity index is 2.08. The topological polar surface area (TPSA) is 28.2 Å². The molecule has 0 aliphatic rings. The summed E-state index contributed by atoms with van der Waals surface area (Å²) in [5, 5.41) is 3.38. The number of hydrogen-bond donors (Lipinski definition) is 1. The van der Waals surface area contributed by atoms with Crippen molar-refractivity contribution in [2.24, 2.45) is 0 Å². The van der Waals surface area contributed by atoms with Gasteiger partial charge in [0, 0.05) is 24.2 Å². The molecule has 0 bridgehead atoms. The molecule has 2 rings (SSSR count). The smallest absolute Gasteiger partial charge is 0.0798 e. The third kappa shape index (κ3) is 3.58. The van der Waals surface area contributed by atoms with Gasteiger partial charge in [0.2, 0.25) is 0 Å². The van der Waals surface area contributed by atoms with E-state index in [0.29, 0.717) is 0 Å². The van der Waals surface area contributed by atoms with E-state index >= 15 is 0 Å². The molecule has 1 aromatic heterocycles. The highest BCUT2D eigenvalue weighted by atomic mass is 32.1. The van der Waals surface area contributed by atoms with E-state index < -0.39 is 0 Å². The van der Waals surface area contributed by atoms with Crippen LogP contribution in [0.5, 0.6) is 0 Å². The third-order valence-electron chi connectivity index (χ3n) is 3.56. The van der Waals surface area contributed by atoms with Gasteiger partial charge in [-0.05, 0) is 43.7 Å². The first-order valence-electron chi connectivity index (χ1n) is 7.02. The van der Waals surface area contributed by atoms with E-state index in [1.54, 1.807) is 11.3 Å². The normalized spacial score (nSPS) is 10.8. The molecule has 4 heteroatoms. The molecule has 0 radical (unpaired) electrons. The summed E-state index contributed by atoms with van der Waals surface area (Å²) in [6, 6.07) is 6.70. The average Bonchev–Trinajstić information content (AvgIpc) is 2.83. The van der Waals surface area contributed by atoms with E-state index in [-0.39, 0.29) is 0 Å². The summed E-state index contributed by atoms with van der Waals surface area (Å²) in [7, 11) is 2.14. The molecule has 0 unspecified atom stereocenters. The monoisotopic (exact) mass is 289 g/mol. The van der Waals surface area contributed by atoms with Crippen molar-refractivity contribution in [1.82, 2.24) is 10.3 Å². The van der Waals surface area contributed by atoms with Crippen LogP contribution in [0.25, 0.3) is 0 Å². The van der Waals surface area contributed by atoms with Crippen molar-refractivity contribution in [3.8, 4) is 0 Å². The Labute approximate surface area is 125 Å². The van der Waals surface area contributed by atoms with Gasteiger partial charge < -0.3 is 10.2 Å². The van der Waals surface area contributed by atoms with Crippen molar-refractivity contribution in [2.75, 3.05) is 18.5 Å². The Morgan fingerprint density at radius 1 is 1.30 bits per heavy atom. The molecule has 2 aromatic rings. The Kier molecular flexibility index (Phi) is 5.15. The number of aromatic nitrogens is 1. The van der Waals surface area contributed by atoms with Crippen molar-refractivity contribution in [2.45, 2.75) is 33.9 Å². The molecule has 0 spiro atoms. The highest BCUT2D eigenvalue weighted by molar-refractivity contribution is 7.09. The van der Waals surface area contributed by atoms with E-state index in [1.807, 2.05) is 5.51 Å². The van der Waals surface area contributed by atoms with Gasteiger partial charge in [0.25, 0.3) is 0 Å². The molecule has 0 saturated carbocycles. The summed E-state index contributed by atoms with van der Waals surface area (Å²) < 4.78 is 0. The van der Waals surface area contributed by atoms with Crippen LogP contribution in [-0.4, -0.2) is 18.6 Å². The van der Waals surface area contributed by atoms with E-state index in [1.165, 1.54) is 21.7 Å². The fourth-order valence-corrected chi connectivity index (χ4v) is 2.99. The van der Waals surface area contributed by atoms with Crippen LogP contribution in [0.1, 0.15) is 28.6 Å². The Morgan fingerprint density at radius 3 is 2.70 bits per heavy atom. The summed E-state index contributed by atoms with van der Waals surface area (Å²) in [6.07, 6.45) is 0. The molecular weight excluding hydrogens is 266 g/mol. The predicted molar refractivity (Wildman–Crippen MR) is 87.5 cm³/mol. The van der Waals surface area contributed by atoms with Gasteiger partial charge in [-0.1, -0.05) is 13.0 Å². The van der Waals surface area contributed by atoms with Crippen LogP contribution in [0.2, 0.25) is 0 Å². The van der Waals surface area contributed by atoms with Gasteiger partial charge in [0.1, 0.15) is 0 Å². The summed E-state index contributed by atoms with van der Waals surface area (Å²) in [4.78, 5) is 7.93. The minimum absolute atomic E-state index is 0.919. The van der Waals surface area contributed by atoms with Crippen LogP contribution >= 0.6 is 11.3 Å². The van der Waals surface area contributed by atoms with Crippen LogP contribution in [0.15, 0.2) is 23.7 Å². The lowest BCUT2D eigenvalue weighted by molar-refractivity contribution is 0.723. The summed E-state index contributed by atoms with van der Waals surface area (Å²) in [5.41, 5.74) is 7.04. The Hall–Kier alpha value is -1.39. The zero-order valence-corrected chi connectivity index (χ0v) is 13.5. The standard InChI is InChI=1S/C16H23N3S/c1-5-17-9-14-6-7-15(8-12(14)2)19(4)10-16-13(3)18-11-20-16/h6-8,11,17H,5,9-10H2,1-4H3. The van der Waals surface area contributed by atoms with Crippen LogP contribution < -0.4 is 10.2 Å². The van der Waals surface area contributed by atoms with E-state index in [4.69, 9.17) is 0 Å². The van der Waals surface area contributed by atoms with E-state index in [0.717, 1.165) is 25.3 Å². The lowest BCUT2D eigenvalue weighted by Gasteiger charge is -2.20. The molecule has 1 N–H and O–H groups in total. The zero-order valence-electron chi connectivity index (χ0n) is 12.7. The molecule has 20 heavy (non-hydrogen) atoms. The maximum atomic E-state index is 4.31. The van der Waals surface area contributed by atoms with Gasteiger partial charge in [-0.15, -0.1) is 11.3 Å². The second-order valence-electron chi connectivity index (χ2n) is 5.11. The lowest BCUT2D eigenvalue weighted by atomic mass is 10.1. The Morgan fingerprint density at radius 2 is 2.10 bits per heavy atom. The Bertz CT molecular complexity index is 563. The van der Waals surface area contributed by atoms with Crippen molar-refractivity contribution in [3.63, 3.8) is 0 Å². The molecule has 0 fully saturated rings. The first kappa shape index (κ1) is 15.0. The van der Waals surface area contributed by atoms with Crippen molar-refractivity contribution < 1.29 is 0 Å². The SMILES string of the molecule is CCNCc1ccc(N(C)Cc2scnc2C)cc1C. The van der Waals surface area contributed by atoms with Crippen LogP contribution in [0, 0.1) is 13.8 Å². The predicted octanol–water partition coefficient (Wildman–Crippen LogP) is 3.51. The lowest BCUT2D eigenvalue weighted by Crippen LogP contribution is -2.17. The molecule has 0 amide bonds. The molecule has 0 aliphatic carbocycles. The second-order valence-corrected chi connectivity index (χ2v) is 6.05. The van der Waals surface area contributed by atoms with Gasteiger partial charge in [0.05, 0.1) is 17.7 Å². The molecule has 0 saturated heterocycles. The minimum atomic E-state index is 0.919. The maximum Gasteiger partial charge on any atom is 0.0798 e. The van der Waals surface area contributed by atoms with Crippen LogP contribution in [0.3, 0.4) is 0 Å². The molecule has 1 heterocycles. The van der Waals surface area contributed by atoms with Crippen molar-refractivity contribution >= 4 is 17.0 Å². The second kappa shape index (κ2) is 6.86. The maximum absolute atomic E-state index is 4.31. The molecule has 3 nitrogen and oxygen atoms in total. The quantitative estimate of drug-likeness (QED) is 0.882.